The van der Waals surface area contributed by atoms with Crippen molar-refractivity contribution >= 4 is 17.5 Å². The molecule has 1 N–H and O–H groups in total. The fourth-order valence-electron chi connectivity index (χ4n) is 8.40. The van der Waals surface area contributed by atoms with Crippen LogP contribution in [0.5, 0.6) is 0 Å². The lowest BCUT2D eigenvalue weighted by atomic mass is 9.74. The Morgan fingerprint density at radius 1 is 1.00 bits per heavy atom. The second-order valence-electron chi connectivity index (χ2n) is 14.2. The molecule has 8 nitrogen and oxygen atoms in total. The van der Waals surface area contributed by atoms with Gasteiger partial charge >= 0.3 is 0 Å². The van der Waals surface area contributed by atoms with Gasteiger partial charge in [-0.1, -0.05) is 44.5 Å². The third kappa shape index (κ3) is 8.03. The maximum Gasteiger partial charge on any atom is 0.251 e. The smallest absolute Gasteiger partial charge is 0.251 e. The molecule has 3 aliphatic heterocycles. The van der Waals surface area contributed by atoms with E-state index in [1.165, 1.54) is 5.56 Å². The van der Waals surface area contributed by atoms with E-state index < -0.39 is 0 Å². The second kappa shape index (κ2) is 16.0. The molecule has 3 aliphatic rings. The Balaban J connectivity index is 1.41. The molecule has 5 rings (SSSR count). The molecule has 3 atom stereocenters. The summed E-state index contributed by atoms with van der Waals surface area (Å²) in [6.45, 7) is 20.8. The van der Waals surface area contributed by atoms with Gasteiger partial charge in [-0.3, -0.25) is 14.5 Å². The summed E-state index contributed by atoms with van der Waals surface area (Å²) in [5.41, 5.74) is 6.06. The molecule has 0 radical (unpaired) electrons. The number of anilines is 1. The first-order valence-corrected chi connectivity index (χ1v) is 18.2. The highest BCUT2D eigenvalue weighted by molar-refractivity contribution is 5.99. The molecule has 258 valence electrons. The van der Waals surface area contributed by atoms with E-state index in [1.54, 1.807) is 0 Å². The fourth-order valence-corrected chi connectivity index (χ4v) is 8.40. The topological polar surface area (TPSA) is 74.4 Å². The van der Waals surface area contributed by atoms with E-state index in [4.69, 9.17) is 9.47 Å². The van der Waals surface area contributed by atoms with E-state index in [0.717, 1.165) is 107 Å². The van der Waals surface area contributed by atoms with Crippen LogP contribution in [0, 0.1) is 18.8 Å². The van der Waals surface area contributed by atoms with Gasteiger partial charge in [0.15, 0.2) is 0 Å². The molecule has 3 saturated heterocycles. The van der Waals surface area contributed by atoms with Crippen molar-refractivity contribution in [1.29, 1.82) is 0 Å². The van der Waals surface area contributed by atoms with Gasteiger partial charge in [0.25, 0.3) is 5.91 Å². The third-order valence-corrected chi connectivity index (χ3v) is 11.0. The van der Waals surface area contributed by atoms with E-state index >= 15 is 0 Å². The van der Waals surface area contributed by atoms with Crippen LogP contribution in [0.3, 0.4) is 0 Å². The number of carbonyl (C=O) groups is 2. The third-order valence-electron chi connectivity index (χ3n) is 11.0. The lowest BCUT2D eigenvalue weighted by molar-refractivity contribution is -0.150. The lowest BCUT2D eigenvalue weighted by Crippen LogP contribution is -2.59. The highest BCUT2D eigenvalue weighted by Gasteiger charge is 2.45. The number of nitrogens with one attached hydrogen (secondary N) is 1. The number of carbonyl (C=O) groups excluding carboxylic acids is 2. The number of hydrogen-bond acceptors (Lipinski definition) is 6. The Kier molecular flexibility index (Phi) is 12.0. The number of morpholine rings is 1. The Hall–Kier alpha value is -2.94. The molecule has 0 spiro atoms. The molecule has 3 unspecified atom stereocenters. The lowest BCUT2D eigenvalue weighted by Gasteiger charge is -2.50. The molecule has 0 aliphatic carbocycles. The van der Waals surface area contributed by atoms with Crippen molar-refractivity contribution in [3.8, 4) is 11.1 Å². The highest BCUT2D eigenvalue weighted by atomic mass is 16.5. The largest absolute Gasteiger partial charge is 0.381 e. The number of nitrogens with zero attached hydrogens (tertiary/aromatic N) is 3. The summed E-state index contributed by atoms with van der Waals surface area (Å²) in [5.74, 6) is 0.0374. The van der Waals surface area contributed by atoms with E-state index in [9.17, 15) is 9.59 Å². The van der Waals surface area contributed by atoms with Gasteiger partial charge in [0.1, 0.15) is 0 Å². The molecular weight excluding hydrogens is 588 g/mol. The number of amides is 2. The van der Waals surface area contributed by atoms with Crippen molar-refractivity contribution in [2.24, 2.45) is 11.8 Å². The van der Waals surface area contributed by atoms with E-state index in [0.29, 0.717) is 24.7 Å². The molecule has 47 heavy (non-hydrogen) atoms. The van der Waals surface area contributed by atoms with E-state index in [2.05, 4.69) is 91.9 Å². The summed E-state index contributed by atoms with van der Waals surface area (Å²) in [6, 6.07) is 13.5. The van der Waals surface area contributed by atoms with Crippen LogP contribution >= 0.6 is 0 Å². The summed E-state index contributed by atoms with van der Waals surface area (Å²) < 4.78 is 11.2. The zero-order valence-electron chi connectivity index (χ0n) is 29.8. The molecule has 2 aromatic rings. The monoisotopic (exact) mass is 646 g/mol. The molecule has 2 aromatic carbocycles. The number of rotatable bonds is 12. The molecule has 2 amide bonds. The highest BCUT2D eigenvalue weighted by Crippen LogP contribution is 2.39. The number of hydrogen-bond donors (Lipinski definition) is 1. The maximum atomic E-state index is 14.1. The Bertz CT molecular complexity index is 1350. The van der Waals surface area contributed by atoms with Crippen LogP contribution in [0.15, 0.2) is 36.4 Å². The minimum absolute atomic E-state index is 0.109. The van der Waals surface area contributed by atoms with Gasteiger partial charge in [-0.25, -0.2) is 0 Å². The fraction of sp³-hybridized carbons (Fsp3) is 0.641. The van der Waals surface area contributed by atoms with Gasteiger partial charge in [-0.15, -0.1) is 0 Å². The summed E-state index contributed by atoms with van der Waals surface area (Å²) in [6.07, 6.45) is 4.95. The molecular formula is C39H58N4O4. The SMILES string of the molecule is CCCC1(C)CC(C)C(CNC(=O)c2cc(-c3ccc(CN4CCOCC4)cc3)cc(N(CC)C3CCOCC3)c2C)C(=O)N1CC. The maximum absolute atomic E-state index is 14.1. The predicted octanol–water partition coefficient (Wildman–Crippen LogP) is 6.29. The van der Waals surface area contributed by atoms with Crippen LogP contribution in [0.1, 0.15) is 88.2 Å². The average molecular weight is 647 g/mol. The summed E-state index contributed by atoms with van der Waals surface area (Å²) in [7, 11) is 0. The molecule has 8 heteroatoms. The van der Waals surface area contributed by atoms with Crippen LogP contribution in [0.2, 0.25) is 0 Å². The molecule has 3 fully saturated rings. The van der Waals surface area contributed by atoms with Crippen LogP contribution in [0.4, 0.5) is 5.69 Å². The van der Waals surface area contributed by atoms with Crippen molar-refractivity contribution in [2.45, 2.75) is 91.8 Å². The zero-order chi connectivity index (χ0) is 33.6. The Labute approximate surface area is 283 Å². The van der Waals surface area contributed by atoms with Gasteiger partial charge in [0.05, 0.1) is 19.1 Å². The van der Waals surface area contributed by atoms with E-state index in [-0.39, 0.29) is 29.2 Å². The number of benzene rings is 2. The molecule has 0 bridgehead atoms. The number of piperidine rings is 1. The summed E-state index contributed by atoms with van der Waals surface area (Å²) in [5, 5.41) is 3.23. The first-order chi connectivity index (χ1) is 22.7. The first-order valence-electron chi connectivity index (χ1n) is 18.2. The predicted molar refractivity (Wildman–Crippen MR) is 190 cm³/mol. The summed E-state index contributed by atoms with van der Waals surface area (Å²) >= 11 is 0. The van der Waals surface area contributed by atoms with E-state index in [1.807, 2.05) is 6.07 Å². The first kappa shape index (κ1) is 35.4. The van der Waals surface area contributed by atoms with Crippen LogP contribution in [0.25, 0.3) is 11.1 Å². The normalized spacial score (nSPS) is 24.4. The minimum Gasteiger partial charge on any atom is -0.381 e. The van der Waals surface area contributed by atoms with Crippen LogP contribution < -0.4 is 10.2 Å². The minimum atomic E-state index is -0.222. The van der Waals surface area contributed by atoms with Crippen LogP contribution in [-0.2, 0) is 20.8 Å². The van der Waals surface area contributed by atoms with Crippen molar-refractivity contribution in [2.75, 3.05) is 64.1 Å². The molecule has 0 aromatic heterocycles. The summed E-state index contributed by atoms with van der Waals surface area (Å²) in [4.78, 5) is 34.8. The Morgan fingerprint density at radius 2 is 1.68 bits per heavy atom. The number of ether oxygens (including phenoxy) is 2. The van der Waals surface area contributed by atoms with Crippen molar-refractivity contribution in [1.82, 2.24) is 15.1 Å². The standard InChI is InChI=1S/C39H58N4O4/c1-7-16-39(6)25-28(4)35(38(45)43(39)9-3)26-40-37(44)34-23-32(24-36(29(34)5)42(8-2)33-14-19-46-20-15-33)31-12-10-30(11-13-31)27-41-17-21-47-22-18-41/h10-13,23-24,28,33,35H,7-9,14-22,25-27H2,1-6H3,(H,40,44). The average Bonchev–Trinajstić information content (AvgIpc) is 3.07. The zero-order valence-corrected chi connectivity index (χ0v) is 29.8. The van der Waals surface area contributed by atoms with Crippen LogP contribution in [-0.4, -0.2) is 92.3 Å². The van der Waals surface area contributed by atoms with Gasteiger partial charge in [0, 0.05) is 75.3 Å². The Morgan fingerprint density at radius 3 is 2.32 bits per heavy atom. The van der Waals surface area contributed by atoms with Gasteiger partial charge in [0.2, 0.25) is 5.91 Å². The van der Waals surface area contributed by atoms with Gasteiger partial charge in [-0.05, 0) is 93.7 Å². The van der Waals surface area contributed by atoms with Crippen molar-refractivity contribution in [3.63, 3.8) is 0 Å². The van der Waals surface area contributed by atoms with Gasteiger partial charge in [-0.2, -0.15) is 0 Å². The van der Waals surface area contributed by atoms with Crippen molar-refractivity contribution in [3.05, 3.63) is 53.1 Å². The molecule has 3 heterocycles. The van der Waals surface area contributed by atoms with Crippen molar-refractivity contribution < 1.29 is 19.1 Å². The quantitative estimate of drug-likeness (QED) is 0.292. The molecule has 0 saturated carbocycles. The second-order valence-corrected chi connectivity index (χ2v) is 14.2. The number of likely N-dealkylation sites (tertiary alicyclic amines) is 1. The van der Waals surface area contributed by atoms with Gasteiger partial charge < -0.3 is 24.6 Å².